The Morgan fingerprint density at radius 1 is 1.12 bits per heavy atom. The van der Waals surface area contributed by atoms with Gasteiger partial charge in [0.2, 0.25) is 11.7 Å². The van der Waals surface area contributed by atoms with Crippen LogP contribution in [-0.4, -0.2) is 56.7 Å². The molecular weight excluding hydrogens is 437 g/mol. The quantitative estimate of drug-likeness (QED) is 0.531. The van der Waals surface area contributed by atoms with Crippen molar-refractivity contribution in [2.75, 3.05) is 25.0 Å². The number of rotatable bonds is 8. The first kappa shape index (κ1) is 23.3. The van der Waals surface area contributed by atoms with Gasteiger partial charge in [0.15, 0.2) is 0 Å². The van der Waals surface area contributed by atoms with Gasteiger partial charge >= 0.3 is 6.03 Å². The average Bonchev–Trinajstić information content (AvgIpc) is 3.32. The molecule has 2 N–H and O–H groups in total. The van der Waals surface area contributed by atoms with Crippen LogP contribution in [0.2, 0.25) is 0 Å². The number of halogens is 1. The summed E-state index contributed by atoms with van der Waals surface area (Å²) in [4.78, 5) is 28.2. The molecule has 0 radical (unpaired) electrons. The van der Waals surface area contributed by atoms with E-state index in [1.807, 2.05) is 35.2 Å². The molecule has 10 heteroatoms. The molecule has 1 aromatic heterocycles. The Hall–Kier alpha value is -3.82. The van der Waals surface area contributed by atoms with E-state index in [0.29, 0.717) is 44.0 Å². The Labute approximate surface area is 197 Å². The smallest absolute Gasteiger partial charge is 0.319 e. The Morgan fingerprint density at radius 3 is 2.79 bits per heavy atom. The van der Waals surface area contributed by atoms with Crippen LogP contribution in [0.25, 0.3) is 11.4 Å². The second-order valence-corrected chi connectivity index (χ2v) is 8.37. The zero-order valence-electron chi connectivity index (χ0n) is 18.9. The maximum Gasteiger partial charge on any atom is 0.319 e. The van der Waals surface area contributed by atoms with Gasteiger partial charge in [-0.1, -0.05) is 36.4 Å². The number of urea groups is 1. The molecule has 1 saturated heterocycles. The number of hydrogen-bond donors (Lipinski definition) is 2. The summed E-state index contributed by atoms with van der Waals surface area (Å²) in [6.45, 7) is 2.31. The Morgan fingerprint density at radius 2 is 1.97 bits per heavy atom. The van der Waals surface area contributed by atoms with Crippen LogP contribution in [0.4, 0.5) is 14.9 Å². The molecule has 0 aliphatic carbocycles. The van der Waals surface area contributed by atoms with Gasteiger partial charge < -0.3 is 15.5 Å². The summed E-state index contributed by atoms with van der Waals surface area (Å²) in [5.41, 5.74) is 1.30. The van der Waals surface area contributed by atoms with Crippen molar-refractivity contribution < 1.29 is 14.0 Å². The largest absolute Gasteiger partial charge is 0.342 e. The maximum absolute atomic E-state index is 13.2. The Balaban J connectivity index is 1.18. The topological polar surface area (TPSA) is 105 Å². The van der Waals surface area contributed by atoms with E-state index in [4.69, 9.17) is 0 Å². The molecule has 3 amide bonds. The lowest BCUT2D eigenvalue weighted by atomic mass is 9.97. The van der Waals surface area contributed by atoms with Crippen LogP contribution in [0.1, 0.15) is 25.7 Å². The van der Waals surface area contributed by atoms with Gasteiger partial charge in [0, 0.05) is 37.3 Å². The summed E-state index contributed by atoms with van der Waals surface area (Å²) < 4.78 is 13.2. The summed E-state index contributed by atoms with van der Waals surface area (Å²) in [6.07, 6.45) is 2.87. The lowest BCUT2D eigenvalue weighted by Crippen LogP contribution is -2.44. The van der Waals surface area contributed by atoms with Crippen molar-refractivity contribution in [2.45, 2.75) is 32.2 Å². The minimum Gasteiger partial charge on any atom is -0.342 e. The minimum absolute atomic E-state index is 0.0947. The Bertz CT molecular complexity index is 1110. The van der Waals surface area contributed by atoms with Gasteiger partial charge in [-0.3, -0.25) is 4.79 Å². The van der Waals surface area contributed by atoms with Crippen LogP contribution in [-0.2, 0) is 11.3 Å². The zero-order chi connectivity index (χ0) is 23.8. The molecule has 4 rings (SSSR count). The fourth-order valence-electron chi connectivity index (χ4n) is 4.01. The Kier molecular flexibility index (Phi) is 7.79. The number of aryl methyl sites for hydroxylation is 1. The number of likely N-dealkylation sites (tertiary alicyclic amines) is 1. The number of amides is 3. The first-order chi connectivity index (χ1) is 16.6. The third kappa shape index (κ3) is 6.60. The molecule has 2 heterocycles. The summed E-state index contributed by atoms with van der Waals surface area (Å²) in [6, 6.07) is 15.0. The molecule has 0 bridgehead atoms. The van der Waals surface area contributed by atoms with Crippen LogP contribution < -0.4 is 10.6 Å². The summed E-state index contributed by atoms with van der Waals surface area (Å²) >= 11 is 0. The van der Waals surface area contributed by atoms with Gasteiger partial charge in [-0.15, -0.1) is 10.2 Å². The van der Waals surface area contributed by atoms with Crippen molar-refractivity contribution in [3.63, 3.8) is 0 Å². The van der Waals surface area contributed by atoms with E-state index in [2.05, 4.69) is 26.0 Å². The average molecular weight is 466 g/mol. The molecule has 0 saturated carbocycles. The van der Waals surface area contributed by atoms with Crippen LogP contribution >= 0.6 is 0 Å². The fraction of sp³-hybridized carbons (Fsp3) is 0.375. The summed E-state index contributed by atoms with van der Waals surface area (Å²) in [7, 11) is 0. The maximum atomic E-state index is 13.2. The van der Waals surface area contributed by atoms with Crippen molar-refractivity contribution in [3.05, 3.63) is 60.4 Å². The lowest BCUT2D eigenvalue weighted by Gasteiger charge is -2.33. The lowest BCUT2D eigenvalue weighted by molar-refractivity contribution is -0.133. The van der Waals surface area contributed by atoms with E-state index in [1.54, 1.807) is 6.07 Å². The molecule has 3 aromatic rings. The van der Waals surface area contributed by atoms with Crippen LogP contribution in [0, 0.1) is 11.7 Å². The molecule has 1 aliphatic heterocycles. The molecule has 34 heavy (non-hydrogen) atoms. The van der Waals surface area contributed by atoms with Gasteiger partial charge in [0.25, 0.3) is 0 Å². The van der Waals surface area contributed by atoms with Crippen molar-refractivity contribution >= 4 is 17.6 Å². The molecule has 1 atom stereocenters. The second-order valence-electron chi connectivity index (χ2n) is 8.37. The van der Waals surface area contributed by atoms with E-state index in [9.17, 15) is 14.0 Å². The third-order valence-electron chi connectivity index (χ3n) is 5.74. The van der Waals surface area contributed by atoms with E-state index >= 15 is 0 Å². The van der Waals surface area contributed by atoms with Crippen molar-refractivity contribution in [1.82, 2.24) is 30.4 Å². The highest BCUT2D eigenvalue weighted by Crippen LogP contribution is 2.18. The predicted molar refractivity (Wildman–Crippen MR) is 125 cm³/mol. The number of hydrogen-bond acceptors (Lipinski definition) is 5. The van der Waals surface area contributed by atoms with E-state index in [0.717, 1.165) is 24.9 Å². The molecule has 1 fully saturated rings. The molecule has 1 unspecified atom stereocenters. The number of carbonyl (C=O) groups excluding carboxylic acids is 2. The molecular formula is C24H28FN7O2. The van der Waals surface area contributed by atoms with Crippen LogP contribution in [0.5, 0.6) is 0 Å². The number of piperidine rings is 1. The highest BCUT2D eigenvalue weighted by atomic mass is 19.1. The summed E-state index contributed by atoms with van der Waals surface area (Å²) in [5.74, 6) is 0.439. The molecule has 178 valence electrons. The number of carbonyl (C=O) groups is 2. The van der Waals surface area contributed by atoms with Crippen molar-refractivity contribution in [1.29, 1.82) is 0 Å². The fourth-order valence-corrected chi connectivity index (χ4v) is 4.01. The van der Waals surface area contributed by atoms with Gasteiger partial charge in [-0.2, -0.15) is 4.80 Å². The summed E-state index contributed by atoms with van der Waals surface area (Å²) in [5, 5.41) is 18.0. The monoisotopic (exact) mass is 465 g/mol. The van der Waals surface area contributed by atoms with Gasteiger partial charge in [-0.05, 0) is 48.6 Å². The highest BCUT2D eigenvalue weighted by molar-refractivity contribution is 5.89. The standard InChI is InChI=1S/C24H28FN7O2/c25-20-10-4-11-21(15-20)27-24(34)26-16-18-7-5-13-31(17-18)22(33)12-6-14-32-29-23(28-30-32)19-8-2-1-3-9-19/h1-4,8-11,15,18H,5-7,12-14,16-17H2,(H2,26,27,34). The number of anilines is 1. The number of nitrogens with one attached hydrogen (secondary N) is 2. The molecule has 0 spiro atoms. The molecule has 1 aliphatic rings. The zero-order valence-corrected chi connectivity index (χ0v) is 18.9. The normalized spacial score (nSPS) is 15.7. The third-order valence-corrected chi connectivity index (χ3v) is 5.74. The number of benzene rings is 2. The van der Waals surface area contributed by atoms with Crippen LogP contribution in [0.15, 0.2) is 54.6 Å². The SMILES string of the molecule is O=C(NCC1CCCN(C(=O)CCCn2nnc(-c3ccccc3)n2)C1)Nc1cccc(F)c1. The van der Waals surface area contributed by atoms with Gasteiger partial charge in [0.05, 0.1) is 6.54 Å². The van der Waals surface area contributed by atoms with Gasteiger partial charge in [-0.25, -0.2) is 9.18 Å². The first-order valence-corrected chi connectivity index (χ1v) is 11.5. The first-order valence-electron chi connectivity index (χ1n) is 11.5. The van der Waals surface area contributed by atoms with Crippen LogP contribution in [0.3, 0.4) is 0 Å². The second kappa shape index (κ2) is 11.4. The van der Waals surface area contributed by atoms with Crippen molar-refractivity contribution in [2.24, 2.45) is 5.92 Å². The number of aromatic nitrogens is 4. The highest BCUT2D eigenvalue weighted by Gasteiger charge is 2.23. The molecule has 2 aromatic carbocycles. The minimum atomic E-state index is -0.407. The van der Waals surface area contributed by atoms with Crippen molar-refractivity contribution in [3.8, 4) is 11.4 Å². The van der Waals surface area contributed by atoms with E-state index in [1.165, 1.54) is 23.0 Å². The van der Waals surface area contributed by atoms with E-state index in [-0.39, 0.29) is 17.9 Å². The number of tetrazole rings is 1. The predicted octanol–water partition coefficient (Wildman–Crippen LogP) is 3.32. The number of nitrogens with zero attached hydrogens (tertiary/aromatic N) is 5. The van der Waals surface area contributed by atoms with E-state index < -0.39 is 5.82 Å². The molecule has 9 nitrogen and oxygen atoms in total. The van der Waals surface area contributed by atoms with Gasteiger partial charge in [0.1, 0.15) is 5.82 Å².